The molecule has 4 nitrogen and oxygen atoms in total. The summed E-state index contributed by atoms with van der Waals surface area (Å²) < 4.78 is 18.8. The van der Waals surface area contributed by atoms with Gasteiger partial charge in [-0.05, 0) is 61.5 Å². The van der Waals surface area contributed by atoms with Crippen molar-refractivity contribution in [3.8, 4) is 5.75 Å². The molecule has 1 saturated heterocycles. The molecule has 1 aliphatic heterocycles. The van der Waals surface area contributed by atoms with Crippen LogP contribution in [0.3, 0.4) is 0 Å². The molecular weight excluding hydrogens is 367 g/mol. The zero-order chi connectivity index (χ0) is 20.5. The number of rotatable bonds is 10. The number of amides is 1. The number of nitrogens with zero attached hydrogens (tertiary/aromatic N) is 1. The molecule has 2 aromatic carbocycles. The minimum Gasteiger partial charge on any atom is -0.489 e. The van der Waals surface area contributed by atoms with Gasteiger partial charge in [-0.2, -0.15) is 0 Å². The number of likely N-dealkylation sites (tertiary alicyclic amines) is 1. The fourth-order valence-electron chi connectivity index (χ4n) is 3.89. The minimum absolute atomic E-state index is 0.0547. The van der Waals surface area contributed by atoms with Gasteiger partial charge in [0.1, 0.15) is 6.61 Å². The molecule has 1 atom stereocenters. The average Bonchev–Trinajstić information content (AvgIpc) is 3.15. The highest BCUT2D eigenvalue weighted by Gasteiger charge is 2.21. The van der Waals surface area contributed by atoms with E-state index in [2.05, 4.69) is 29.3 Å². The van der Waals surface area contributed by atoms with Crippen molar-refractivity contribution in [3.05, 3.63) is 65.5 Å². The molecule has 1 aliphatic rings. The molecule has 3 rings (SSSR count). The van der Waals surface area contributed by atoms with Gasteiger partial charge in [0.15, 0.2) is 11.6 Å². The van der Waals surface area contributed by atoms with Crippen molar-refractivity contribution in [3.63, 3.8) is 0 Å². The molecule has 5 heteroatoms. The molecule has 1 fully saturated rings. The number of para-hydroxylation sites is 1. The Morgan fingerprint density at radius 3 is 2.69 bits per heavy atom. The SMILES string of the molecule is CCCN1CCC(Cc2ccc(CC(=O)NCCOc3ccccc3F)cc2)C1. The van der Waals surface area contributed by atoms with Gasteiger partial charge in [0.05, 0.1) is 13.0 Å². The summed E-state index contributed by atoms with van der Waals surface area (Å²) in [6.07, 6.45) is 3.95. The average molecular weight is 399 g/mol. The van der Waals surface area contributed by atoms with Crippen molar-refractivity contribution in [1.29, 1.82) is 0 Å². The Labute approximate surface area is 173 Å². The maximum Gasteiger partial charge on any atom is 0.224 e. The monoisotopic (exact) mass is 398 g/mol. The number of benzene rings is 2. The Hall–Kier alpha value is -2.40. The molecule has 0 bridgehead atoms. The van der Waals surface area contributed by atoms with Crippen LogP contribution in [0.4, 0.5) is 4.39 Å². The molecule has 0 aromatic heterocycles. The second kappa shape index (κ2) is 11.0. The van der Waals surface area contributed by atoms with E-state index in [0.29, 0.717) is 13.0 Å². The van der Waals surface area contributed by atoms with Gasteiger partial charge in [-0.1, -0.05) is 43.3 Å². The predicted octanol–water partition coefficient (Wildman–Crippen LogP) is 3.84. The van der Waals surface area contributed by atoms with Crippen LogP contribution in [0, 0.1) is 11.7 Å². The Bertz CT molecular complexity index is 779. The quantitative estimate of drug-likeness (QED) is 0.619. The molecule has 156 valence electrons. The summed E-state index contributed by atoms with van der Waals surface area (Å²) >= 11 is 0. The number of carbonyl (C=O) groups excluding carboxylic acids is 1. The summed E-state index contributed by atoms with van der Waals surface area (Å²) in [5.41, 5.74) is 2.34. The lowest BCUT2D eigenvalue weighted by molar-refractivity contribution is -0.120. The summed E-state index contributed by atoms with van der Waals surface area (Å²) in [5.74, 6) is 0.498. The topological polar surface area (TPSA) is 41.6 Å². The van der Waals surface area contributed by atoms with Crippen molar-refractivity contribution in [1.82, 2.24) is 10.2 Å². The molecule has 2 aromatic rings. The highest BCUT2D eigenvalue weighted by molar-refractivity contribution is 5.78. The third-order valence-electron chi connectivity index (χ3n) is 5.34. The van der Waals surface area contributed by atoms with Crippen molar-refractivity contribution in [2.75, 3.05) is 32.8 Å². The number of hydrogen-bond acceptors (Lipinski definition) is 3. The van der Waals surface area contributed by atoms with Crippen LogP contribution in [0.25, 0.3) is 0 Å². The summed E-state index contributed by atoms with van der Waals surface area (Å²) in [6.45, 7) is 6.45. The molecule has 0 saturated carbocycles. The summed E-state index contributed by atoms with van der Waals surface area (Å²) in [6, 6.07) is 14.6. The Morgan fingerprint density at radius 2 is 1.93 bits per heavy atom. The van der Waals surface area contributed by atoms with Gasteiger partial charge in [-0.3, -0.25) is 4.79 Å². The van der Waals surface area contributed by atoms with E-state index in [9.17, 15) is 9.18 Å². The molecular formula is C24H31FN2O2. The smallest absolute Gasteiger partial charge is 0.224 e. The first kappa shape index (κ1) is 21.3. The first-order chi connectivity index (χ1) is 14.1. The van der Waals surface area contributed by atoms with E-state index in [1.165, 1.54) is 44.1 Å². The number of carbonyl (C=O) groups is 1. The summed E-state index contributed by atoms with van der Waals surface area (Å²) in [5, 5.41) is 2.82. The third-order valence-corrected chi connectivity index (χ3v) is 5.34. The van der Waals surface area contributed by atoms with Gasteiger partial charge >= 0.3 is 0 Å². The predicted molar refractivity (Wildman–Crippen MR) is 114 cm³/mol. The molecule has 29 heavy (non-hydrogen) atoms. The van der Waals surface area contributed by atoms with Crippen LogP contribution in [0.2, 0.25) is 0 Å². The number of nitrogens with one attached hydrogen (secondary N) is 1. The number of hydrogen-bond donors (Lipinski definition) is 1. The van der Waals surface area contributed by atoms with E-state index in [-0.39, 0.29) is 18.3 Å². The van der Waals surface area contributed by atoms with E-state index < -0.39 is 5.82 Å². The van der Waals surface area contributed by atoms with E-state index in [0.717, 1.165) is 17.9 Å². The fraction of sp³-hybridized carbons (Fsp3) is 0.458. The number of ether oxygens (including phenoxy) is 1. The van der Waals surface area contributed by atoms with Crippen molar-refractivity contribution < 1.29 is 13.9 Å². The van der Waals surface area contributed by atoms with Gasteiger partial charge in [0.25, 0.3) is 0 Å². The molecule has 1 N–H and O–H groups in total. The Kier molecular flexibility index (Phi) is 8.05. The van der Waals surface area contributed by atoms with Crippen LogP contribution in [0.1, 0.15) is 30.9 Å². The standard InChI is InChI=1S/C24H31FN2O2/c1-2-13-27-14-11-21(18-27)16-19-7-9-20(10-8-19)17-24(28)26-12-15-29-23-6-4-3-5-22(23)25/h3-10,21H,2,11-18H2,1H3,(H,26,28). The van der Waals surface area contributed by atoms with E-state index in [1.807, 2.05) is 12.1 Å². The first-order valence-electron chi connectivity index (χ1n) is 10.6. The first-order valence-corrected chi connectivity index (χ1v) is 10.6. The van der Waals surface area contributed by atoms with Crippen LogP contribution in [0.15, 0.2) is 48.5 Å². The van der Waals surface area contributed by atoms with Gasteiger partial charge in [-0.25, -0.2) is 4.39 Å². The zero-order valence-corrected chi connectivity index (χ0v) is 17.2. The van der Waals surface area contributed by atoms with Crippen LogP contribution < -0.4 is 10.1 Å². The van der Waals surface area contributed by atoms with Gasteiger partial charge in [0, 0.05) is 6.54 Å². The summed E-state index contributed by atoms with van der Waals surface area (Å²) in [7, 11) is 0. The lowest BCUT2D eigenvalue weighted by Gasteiger charge is -2.14. The highest BCUT2D eigenvalue weighted by atomic mass is 19.1. The molecule has 0 spiro atoms. The normalized spacial score (nSPS) is 16.7. The molecule has 1 unspecified atom stereocenters. The van der Waals surface area contributed by atoms with Crippen LogP contribution >= 0.6 is 0 Å². The highest BCUT2D eigenvalue weighted by Crippen LogP contribution is 2.21. The fourth-order valence-corrected chi connectivity index (χ4v) is 3.89. The number of halogens is 1. The van der Waals surface area contributed by atoms with Crippen molar-refractivity contribution in [2.45, 2.75) is 32.6 Å². The van der Waals surface area contributed by atoms with E-state index in [1.54, 1.807) is 18.2 Å². The van der Waals surface area contributed by atoms with Gasteiger partial charge in [0.2, 0.25) is 5.91 Å². The summed E-state index contributed by atoms with van der Waals surface area (Å²) in [4.78, 5) is 14.7. The van der Waals surface area contributed by atoms with Gasteiger partial charge in [-0.15, -0.1) is 0 Å². The maximum atomic E-state index is 13.5. The minimum atomic E-state index is -0.394. The van der Waals surface area contributed by atoms with Crippen LogP contribution in [0.5, 0.6) is 5.75 Å². The zero-order valence-electron chi connectivity index (χ0n) is 17.2. The molecule has 0 aliphatic carbocycles. The Balaban J connectivity index is 1.36. The van der Waals surface area contributed by atoms with Crippen LogP contribution in [-0.4, -0.2) is 43.6 Å². The molecule has 0 radical (unpaired) electrons. The van der Waals surface area contributed by atoms with Crippen molar-refractivity contribution >= 4 is 5.91 Å². The third kappa shape index (κ3) is 6.86. The van der Waals surface area contributed by atoms with E-state index >= 15 is 0 Å². The van der Waals surface area contributed by atoms with Crippen molar-refractivity contribution in [2.24, 2.45) is 5.92 Å². The lowest BCUT2D eigenvalue weighted by atomic mass is 9.97. The maximum absolute atomic E-state index is 13.5. The largest absolute Gasteiger partial charge is 0.489 e. The lowest BCUT2D eigenvalue weighted by Crippen LogP contribution is -2.29. The second-order valence-electron chi connectivity index (χ2n) is 7.78. The van der Waals surface area contributed by atoms with Crippen LogP contribution in [-0.2, 0) is 17.6 Å². The molecule has 1 amide bonds. The Morgan fingerprint density at radius 1 is 1.17 bits per heavy atom. The van der Waals surface area contributed by atoms with Gasteiger partial charge < -0.3 is 15.0 Å². The molecule has 1 heterocycles. The second-order valence-corrected chi connectivity index (χ2v) is 7.78. The van der Waals surface area contributed by atoms with E-state index in [4.69, 9.17) is 4.74 Å².